The minimum atomic E-state index is -0.290. The van der Waals surface area contributed by atoms with Crippen molar-refractivity contribution in [3.05, 3.63) is 16.4 Å². The first-order valence-electron chi connectivity index (χ1n) is 6.40. The highest BCUT2D eigenvalue weighted by atomic mass is 35.5. The van der Waals surface area contributed by atoms with Gasteiger partial charge in [0, 0.05) is 26.6 Å². The minimum Gasteiger partial charge on any atom is -0.377 e. The zero-order valence-electron chi connectivity index (χ0n) is 12.0. The van der Waals surface area contributed by atoms with E-state index in [0.717, 1.165) is 24.2 Å². The van der Waals surface area contributed by atoms with Crippen LogP contribution in [0.15, 0.2) is 0 Å². The highest BCUT2D eigenvalue weighted by Crippen LogP contribution is 2.28. The molecule has 18 heavy (non-hydrogen) atoms. The standard InChI is InChI=1S/C13H24ClN3O/c1-6-13(7-2,18-5)11(15)8-10-12(14)9(3)16-17(10)4/h11H,6-8,15H2,1-5H3. The van der Waals surface area contributed by atoms with E-state index < -0.39 is 0 Å². The summed E-state index contributed by atoms with van der Waals surface area (Å²) in [6.07, 6.45) is 2.44. The molecule has 5 heteroatoms. The Balaban J connectivity index is 2.96. The second kappa shape index (κ2) is 6.04. The largest absolute Gasteiger partial charge is 0.377 e. The van der Waals surface area contributed by atoms with Gasteiger partial charge in [-0.05, 0) is 19.8 Å². The van der Waals surface area contributed by atoms with Crippen molar-refractivity contribution in [3.63, 3.8) is 0 Å². The number of nitrogens with zero attached hydrogens (tertiary/aromatic N) is 2. The van der Waals surface area contributed by atoms with Gasteiger partial charge in [-0.1, -0.05) is 25.4 Å². The summed E-state index contributed by atoms with van der Waals surface area (Å²) in [6, 6.07) is -0.0928. The molecule has 1 unspecified atom stereocenters. The second-order valence-corrected chi connectivity index (χ2v) is 5.13. The van der Waals surface area contributed by atoms with Gasteiger partial charge in [0.15, 0.2) is 0 Å². The second-order valence-electron chi connectivity index (χ2n) is 4.76. The van der Waals surface area contributed by atoms with Gasteiger partial charge in [0.1, 0.15) is 0 Å². The SMILES string of the molecule is CCC(CC)(OC)C(N)Cc1c(Cl)c(C)nn1C. The van der Waals surface area contributed by atoms with Crippen LogP contribution in [0.2, 0.25) is 5.02 Å². The van der Waals surface area contributed by atoms with Crippen LogP contribution >= 0.6 is 11.6 Å². The first-order valence-corrected chi connectivity index (χ1v) is 6.78. The Kier molecular flexibility index (Phi) is 5.20. The highest BCUT2D eigenvalue weighted by molar-refractivity contribution is 6.31. The molecule has 0 amide bonds. The van der Waals surface area contributed by atoms with E-state index in [-0.39, 0.29) is 11.6 Å². The summed E-state index contributed by atoms with van der Waals surface area (Å²) in [5.74, 6) is 0. The molecule has 1 atom stereocenters. The molecular weight excluding hydrogens is 250 g/mol. The smallest absolute Gasteiger partial charge is 0.0847 e. The molecule has 0 aromatic carbocycles. The van der Waals surface area contributed by atoms with Crippen molar-refractivity contribution in [3.8, 4) is 0 Å². The summed E-state index contributed by atoms with van der Waals surface area (Å²) >= 11 is 6.26. The third-order valence-corrected chi connectivity index (χ3v) is 4.45. The van der Waals surface area contributed by atoms with Crippen molar-refractivity contribution in [2.24, 2.45) is 12.8 Å². The van der Waals surface area contributed by atoms with Gasteiger partial charge in [0.2, 0.25) is 0 Å². The van der Waals surface area contributed by atoms with Crippen molar-refractivity contribution < 1.29 is 4.74 Å². The van der Waals surface area contributed by atoms with Crippen molar-refractivity contribution in [1.82, 2.24) is 9.78 Å². The Morgan fingerprint density at radius 3 is 2.33 bits per heavy atom. The predicted octanol–water partition coefficient (Wildman–Crippen LogP) is 2.46. The summed E-state index contributed by atoms with van der Waals surface area (Å²) in [5, 5.41) is 5.02. The van der Waals surface area contributed by atoms with Crippen LogP contribution < -0.4 is 5.73 Å². The number of methoxy groups -OCH3 is 1. The van der Waals surface area contributed by atoms with Crippen molar-refractivity contribution in [2.75, 3.05) is 7.11 Å². The van der Waals surface area contributed by atoms with E-state index in [9.17, 15) is 0 Å². The third-order valence-electron chi connectivity index (χ3n) is 3.95. The van der Waals surface area contributed by atoms with E-state index in [4.69, 9.17) is 22.1 Å². The van der Waals surface area contributed by atoms with Crippen LogP contribution in [0.4, 0.5) is 0 Å². The lowest BCUT2D eigenvalue weighted by Gasteiger charge is -2.36. The van der Waals surface area contributed by atoms with E-state index in [0.29, 0.717) is 11.4 Å². The average molecular weight is 274 g/mol. The number of halogens is 1. The number of aryl methyl sites for hydroxylation is 2. The highest BCUT2D eigenvalue weighted by Gasteiger charge is 2.34. The monoisotopic (exact) mass is 273 g/mol. The Bertz CT molecular complexity index is 391. The lowest BCUT2D eigenvalue weighted by atomic mass is 9.86. The lowest BCUT2D eigenvalue weighted by Crippen LogP contribution is -2.50. The van der Waals surface area contributed by atoms with Gasteiger partial charge in [-0.2, -0.15) is 5.10 Å². The molecule has 1 heterocycles. The number of aromatic nitrogens is 2. The number of nitrogens with two attached hydrogens (primary N) is 1. The number of hydrogen-bond donors (Lipinski definition) is 1. The molecule has 0 aliphatic rings. The summed E-state index contributed by atoms with van der Waals surface area (Å²) < 4.78 is 7.47. The van der Waals surface area contributed by atoms with Crippen molar-refractivity contribution in [2.45, 2.75) is 51.7 Å². The molecule has 0 radical (unpaired) electrons. The molecule has 1 aromatic heterocycles. The fraction of sp³-hybridized carbons (Fsp3) is 0.769. The molecule has 0 fully saturated rings. The van der Waals surface area contributed by atoms with Gasteiger partial charge in [-0.15, -0.1) is 0 Å². The molecule has 1 aromatic rings. The number of hydrogen-bond acceptors (Lipinski definition) is 3. The number of rotatable bonds is 6. The van der Waals surface area contributed by atoms with Crippen molar-refractivity contribution >= 4 is 11.6 Å². The van der Waals surface area contributed by atoms with Gasteiger partial charge in [-0.3, -0.25) is 4.68 Å². The molecule has 0 spiro atoms. The van der Waals surface area contributed by atoms with Crippen LogP contribution in [-0.2, 0) is 18.2 Å². The quantitative estimate of drug-likeness (QED) is 0.866. The van der Waals surface area contributed by atoms with Crippen molar-refractivity contribution in [1.29, 1.82) is 0 Å². The molecule has 0 bridgehead atoms. The Labute approximate surface area is 114 Å². The van der Waals surface area contributed by atoms with Gasteiger partial charge in [-0.25, -0.2) is 0 Å². The van der Waals surface area contributed by atoms with E-state index >= 15 is 0 Å². The maximum atomic E-state index is 6.34. The molecule has 0 saturated carbocycles. The summed E-state index contributed by atoms with van der Waals surface area (Å²) in [4.78, 5) is 0. The number of ether oxygens (including phenoxy) is 1. The lowest BCUT2D eigenvalue weighted by molar-refractivity contribution is -0.0377. The molecule has 104 valence electrons. The molecule has 0 aliphatic heterocycles. The van der Waals surface area contributed by atoms with E-state index in [1.54, 1.807) is 7.11 Å². The average Bonchev–Trinajstić information content (AvgIpc) is 2.59. The zero-order valence-corrected chi connectivity index (χ0v) is 12.7. The molecule has 2 N–H and O–H groups in total. The maximum Gasteiger partial charge on any atom is 0.0847 e. The van der Waals surface area contributed by atoms with Crippen LogP contribution in [-0.4, -0.2) is 28.5 Å². The van der Waals surface area contributed by atoms with Gasteiger partial charge in [0.25, 0.3) is 0 Å². The molecule has 4 nitrogen and oxygen atoms in total. The fourth-order valence-corrected chi connectivity index (χ4v) is 2.75. The van der Waals surface area contributed by atoms with Gasteiger partial charge < -0.3 is 10.5 Å². The normalized spacial score (nSPS) is 13.9. The summed E-state index contributed by atoms with van der Waals surface area (Å²) in [6.45, 7) is 6.10. The van der Waals surface area contributed by atoms with Crippen LogP contribution in [0.25, 0.3) is 0 Å². The first-order chi connectivity index (χ1) is 8.41. The summed E-state index contributed by atoms with van der Waals surface area (Å²) in [7, 11) is 3.62. The first kappa shape index (κ1) is 15.5. The molecular formula is C13H24ClN3O. The Morgan fingerprint density at radius 1 is 1.44 bits per heavy atom. The summed E-state index contributed by atoms with van der Waals surface area (Å²) in [5.41, 5.74) is 7.87. The fourth-order valence-electron chi connectivity index (χ4n) is 2.51. The van der Waals surface area contributed by atoms with Gasteiger partial charge in [0.05, 0.1) is 22.0 Å². The van der Waals surface area contributed by atoms with Crippen LogP contribution in [0.1, 0.15) is 38.1 Å². The Morgan fingerprint density at radius 2 is 2.00 bits per heavy atom. The Hall–Kier alpha value is -0.580. The van der Waals surface area contributed by atoms with E-state index in [1.165, 1.54) is 0 Å². The van der Waals surface area contributed by atoms with Crippen LogP contribution in [0, 0.1) is 6.92 Å². The van der Waals surface area contributed by atoms with Gasteiger partial charge >= 0.3 is 0 Å². The van der Waals surface area contributed by atoms with Crippen LogP contribution in [0.3, 0.4) is 0 Å². The van der Waals surface area contributed by atoms with Crippen LogP contribution in [0.5, 0.6) is 0 Å². The predicted molar refractivity (Wildman–Crippen MR) is 75.0 cm³/mol. The molecule has 0 saturated heterocycles. The topological polar surface area (TPSA) is 53.1 Å². The van der Waals surface area contributed by atoms with E-state index in [2.05, 4.69) is 18.9 Å². The zero-order chi connectivity index (χ0) is 13.9. The third kappa shape index (κ3) is 2.71. The molecule has 0 aliphatic carbocycles. The molecule has 1 rings (SSSR count). The van der Waals surface area contributed by atoms with E-state index in [1.807, 2.05) is 18.7 Å². The minimum absolute atomic E-state index is 0.0928. The maximum absolute atomic E-state index is 6.34.